The normalized spacial score (nSPS) is 11.3. The van der Waals surface area contributed by atoms with Gasteiger partial charge < -0.3 is 10.3 Å². The number of nitrogens with one attached hydrogen (secondary N) is 2. The Balaban J connectivity index is 2.11. The van der Waals surface area contributed by atoms with Crippen LogP contribution in [0, 0.1) is 6.92 Å². The first kappa shape index (κ1) is 16.3. The maximum atomic E-state index is 12.2. The molecule has 0 radical (unpaired) electrons. The van der Waals surface area contributed by atoms with Crippen LogP contribution >= 0.6 is 11.6 Å². The summed E-state index contributed by atoms with van der Waals surface area (Å²) >= 11 is 5.74. The van der Waals surface area contributed by atoms with E-state index < -0.39 is 5.56 Å². The molecule has 1 amide bonds. The summed E-state index contributed by atoms with van der Waals surface area (Å²) in [5.74, 6) is -0.264. The summed E-state index contributed by atoms with van der Waals surface area (Å²) in [6, 6.07) is 9.48. The fourth-order valence-electron chi connectivity index (χ4n) is 2.42. The largest absolute Gasteiger partial charge is 0.351 e. The van der Waals surface area contributed by atoms with Crippen molar-refractivity contribution in [3.8, 4) is 0 Å². The average molecular weight is 319 g/mol. The highest BCUT2D eigenvalue weighted by Crippen LogP contribution is 2.25. The van der Waals surface area contributed by atoms with Crippen molar-refractivity contribution < 1.29 is 4.79 Å². The number of rotatable bonds is 4. The van der Waals surface area contributed by atoms with Crippen LogP contribution in [-0.4, -0.2) is 17.4 Å². The smallest absolute Gasteiger partial charge is 0.266 e. The second kappa shape index (κ2) is 6.36. The van der Waals surface area contributed by atoms with Crippen molar-refractivity contribution in [3.63, 3.8) is 0 Å². The van der Waals surface area contributed by atoms with Crippen molar-refractivity contribution in [1.82, 2.24) is 10.3 Å². The van der Waals surface area contributed by atoms with Gasteiger partial charge in [0, 0.05) is 18.2 Å². The molecule has 0 saturated heterocycles. The van der Waals surface area contributed by atoms with Crippen molar-refractivity contribution >= 4 is 17.5 Å². The van der Waals surface area contributed by atoms with Gasteiger partial charge in [0.15, 0.2) is 0 Å². The molecule has 0 fully saturated rings. The van der Waals surface area contributed by atoms with E-state index in [4.69, 9.17) is 11.6 Å². The minimum absolute atomic E-state index is 0.00538. The predicted octanol–water partition coefficient (Wildman–Crippen LogP) is 3.04. The topological polar surface area (TPSA) is 62.0 Å². The first-order valence-corrected chi connectivity index (χ1v) is 7.41. The highest BCUT2D eigenvalue weighted by atomic mass is 35.5. The molecule has 1 aromatic carbocycles. The molecule has 5 heteroatoms. The monoisotopic (exact) mass is 318 g/mol. The zero-order valence-corrected chi connectivity index (χ0v) is 13.6. The van der Waals surface area contributed by atoms with Crippen molar-refractivity contribution in [1.29, 1.82) is 0 Å². The Morgan fingerprint density at radius 2 is 2.00 bits per heavy atom. The third kappa shape index (κ3) is 3.57. The molecule has 116 valence electrons. The van der Waals surface area contributed by atoms with E-state index in [-0.39, 0.29) is 16.3 Å². The zero-order chi connectivity index (χ0) is 16.3. The van der Waals surface area contributed by atoms with Gasteiger partial charge in [-0.05, 0) is 24.1 Å². The second-order valence-electron chi connectivity index (χ2n) is 5.95. The first-order valence-electron chi connectivity index (χ1n) is 7.04. The van der Waals surface area contributed by atoms with Crippen LogP contribution in [0.4, 0.5) is 0 Å². The number of carbonyl (C=O) groups excluding carboxylic acids is 1. The lowest BCUT2D eigenvalue weighted by Gasteiger charge is -2.27. The van der Waals surface area contributed by atoms with Crippen LogP contribution in [0.3, 0.4) is 0 Å². The molecule has 1 aromatic heterocycles. The van der Waals surface area contributed by atoms with E-state index in [0.717, 1.165) is 0 Å². The highest BCUT2D eigenvalue weighted by Gasteiger charge is 2.23. The molecule has 0 aliphatic heterocycles. The third-order valence-electron chi connectivity index (χ3n) is 3.69. The molecule has 0 aliphatic rings. The van der Waals surface area contributed by atoms with Crippen LogP contribution in [0.1, 0.15) is 35.3 Å². The number of carbonyl (C=O) groups is 1. The van der Waals surface area contributed by atoms with E-state index in [9.17, 15) is 9.59 Å². The summed E-state index contributed by atoms with van der Waals surface area (Å²) in [7, 11) is 0. The quantitative estimate of drug-likeness (QED) is 0.910. The molecule has 22 heavy (non-hydrogen) atoms. The van der Waals surface area contributed by atoms with Gasteiger partial charge in [-0.25, -0.2) is 0 Å². The summed E-state index contributed by atoms with van der Waals surface area (Å²) in [4.78, 5) is 25.8. The SMILES string of the molecule is Cc1ccccc1C(C)(C)CNC(=O)c1c[nH]c(=O)c(Cl)c1. The van der Waals surface area contributed by atoms with E-state index >= 15 is 0 Å². The molecule has 0 unspecified atom stereocenters. The summed E-state index contributed by atoms with van der Waals surface area (Å²) in [6.45, 7) is 6.69. The lowest BCUT2D eigenvalue weighted by atomic mass is 9.82. The minimum atomic E-state index is -0.404. The minimum Gasteiger partial charge on any atom is -0.351 e. The molecule has 1 heterocycles. The van der Waals surface area contributed by atoms with Crippen molar-refractivity contribution in [2.75, 3.05) is 6.54 Å². The number of benzene rings is 1. The molecule has 2 N–H and O–H groups in total. The van der Waals surface area contributed by atoms with Crippen LogP contribution in [0.2, 0.25) is 5.02 Å². The zero-order valence-electron chi connectivity index (χ0n) is 12.9. The molecular weight excluding hydrogens is 300 g/mol. The number of hydrogen-bond acceptors (Lipinski definition) is 2. The van der Waals surface area contributed by atoms with E-state index in [1.807, 2.05) is 12.1 Å². The highest BCUT2D eigenvalue weighted by molar-refractivity contribution is 6.30. The molecule has 2 aromatic rings. The fraction of sp³-hybridized carbons (Fsp3) is 0.294. The Morgan fingerprint density at radius 3 is 2.64 bits per heavy atom. The number of aryl methyl sites for hydroxylation is 1. The second-order valence-corrected chi connectivity index (χ2v) is 6.35. The Kier molecular flexibility index (Phi) is 4.71. The lowest BCUT2D eigenvalue weighted by Crippen LogP contribution is -2.37. The first-order chi connectivity index (χ1) is 10.3. The molecule has 0 atom stereocenters. The number of pyridine rings is 1. The Hall–Kier alpha value is -2.07. The number of aromatic nitrogens is 1. The molecule has 0 bridgehead atoms. The number of amides is 1. The van der Waals surface area contributed by atoms with Crippen LogP contribution in [0.5, 0.6) is 0 Å². The van der Waals surface area contributed by atoms with E-state index in [2.05, 4.69) is 43.2 Å². The fourth-order valence-corrected chi connectivity index (χ4v) is 2.59. The van der Waals surface area contributed by atoms with E-state index in [1.165, 1.54) is 23.4 Å². The van der Waals surface area contributed by atoms with Gasteiger partial charge >= 0.3 is 0 Å². The average Bonchev–Trinajstić information content (AvgIpc) is 2.48. The summed E-state index contributed by atoms with van der Waals surface area (Å²) in [5, 5.41) is 2.90. The molecule has 0 aliphatic carbocycles. The Morgan fingerprint density at radius 1 is 1.32 bits per heavy atom. The predicted molar refractivity (Wildman–Crippen MR) is 88.6 cm³/mol. The van der Waals surface area contributed by atoms with Gasteiger partial charge in [-0.15, -0.1) is 0 Å². The van der Waals surface area contributed by atoms with E-state index in [0.29, 0.717) is 12.1 Å². The third-order valence-corrected chi connectivity index (χ3v) is 3.97. The van der Waals surface area contributed by atoms with Crippen molar-refractivity contribution in [2.24, 2.45) is 0 Å². The number of aromatic amines is 1. The lowest BCUT2D eigenvalue weighted by molar-refractivity contribution is 0.0945. The van der Waals surface area contributed by atoms with Crippen LogP contribution < -0.4 is 10.9 Å². The number of H-pyrrole nitrogens is 1. The Bertz CT molecular complexity index is 750. The van der Waals surface area contributed by atoms with Gasteiger partial charge in [0.05, 0.1) is 5.56 Å². The molecule has 0 spiro atoms. The number of hydrogen-bond donors (Lipinski definition) is 2. The number of halogens is 1. The summed E-state index contributed by atoms with van der Waals surface area (Å²) < 4.78 is 0. The van der Waals surface area contributed by atoms with Crippen LogP contribution in [0.15, 0.2) is 41.3 Å². The van der Waals surface area contributed by atoms with Crippen LogP contribution in [-0.2, 0) is 5.41 Å². The van der Waals surface area contributed by atoms with Gasteiger partial charge in [-0.1, -0.05) is 49.7 Å². The van der Waals surface area contributed by atoms with Gasteiger partial charge in [-0.3, -0.25) is 9.59 Å². The van der Waals surface area contributed by atoms with Crippen molar-refractivity contribution in [2.45, 2.75) is 26.2 Å². The standard InChI is InChI=1S/C17H19ClN2O2/c1-11-6-4-5-7-13(11)17(2,3)10-20-15(21)12-8-14(18)16(22)19-9-12/h4-9H,10H2,1-3H3,(H,19,22)(H,20,21). The molecule has 4 nitrogen and oxygen atoms in total. The van der Waals surface area contributed by atoms with Gasteiger partial charge in [-0.2, -0.15) is 0 Å². The maximum absolute atomic E-state index is 12.2. The molecular formula is C17H19ClN2O2. The van der Waals surface area contributed by atoms with Crippen molar-refractivity contribution in [3.05, 3.63) is 68.6 Å². The molecule has 2 rings (SSSR count). The van der Waals surface area contributed by atoms with Gasteiger partial charge in [0.1, 0.15) is 5.02 Å². The summed E-state index contributed by atoms with van der Waals surface area (Å²) in [6.07, 6.45) is 1.37. The summed E-state index contributed by atoms with van der Waals surface area (Å²) in [5.41, 5.74) is 2.11. The van der Waals surface area contributed by atoms with Gasteiger partial charge in [0.2, 0.25) is 0 Å². The van der Waals surface area contributed by atoms with Crippen LogP contribution in [0.25, 0.3) is 0 Å². The van der Waals surface area contributed by atoms with E-state index in [1.54, 1.807) is 0 Å². The van der Waals surface area contributed by atoms with Gasteiger partial charge in [0.25, 0.3) is 11.5 Å². The molecule has 0 saturated carbocycles. The maximum Gasteiger partial charge on any atom is 0.266 e. The Labute approximate surface area is 134 Å².